The summed E-state index contributed by atoms with van der Waals surface area (Å²) in [5, 5.41) is 49.8. The zero-order valence-corrected chi connectivity index (χ0v) is 21.5. The summed E-state index contributed by atoms with van der Waals surface area (Å²) < 4.78 is 12.5. The van der Waals surface area contributed by atoms with Crippen LogP contribution in [0.25, 0.3) is 33.1 Å². The van der Waals surface area contributed by atoms with Crippen molar-refractivity contribution in [1.29, 1.82) is 0 Å². The van der Waals surface area contributed by atoms with Crippen LogP contribution in [0.2, 0.25) is 0 Å². The van der Waals surface area contributed by atoms with Gasteiger partial charge in [0.15, 0.2) is 12.1 Å². The lowest BCUT2D eigenvalue weighted by atomic mass is 9.96. The van der Waals surface area contributed by atoms with Crippen LogP contribution < -0.4 is 5.32 Å². The molecule has 0 aliphatic carbocycles. The molecule has 1 amide bonds. The zero-order chi connectivity index (χ0) is 28.0. The van der Waals surface area contributed by atoms with Gasteiger partial charge in [0, 0.05) is 29.2 Å². The van der Waals surface area contributed by atoms with Crippen molar-refractivity contribution in [2.24, 2.45) is 0 Å². The molecule has 40 heavy (non-hydrogen) atoms. The molecular weight excluding hydrogens is 516 g/mol. The van der Waals surface area contributed by atoms with Gasteiger partial charge in [0.2, 0.25) is 0 Å². The molecule has 5 N–H and O–H groups in total. The fraction of sp³-hybridized carbons (Fsp3) is 0.276. The van der Waals surface area contributed by atoms with Gasteiger partial charge in [0.1, 0.15) is 24.4 Å². The molecule has 206 valence electrons. The highest BCUT2D eigenvalue weighted by atomic mass is 16.6. The van der Waals surface area contributed by atoms with Crippen molar-refractivity contribution in [3.05, 3.63) is 83.8 Å². The van der Waals surface area contributed by atoms with E-state index in [4.69, 9.17) is 9.26 Å². The van der Waals surface area contributed by atoms with E-state index in [9.17, 15) is 25.2 Å². The van der Waals surface area contributed by atoms with Crippen molar-refractivity contribution >= 4 is 27.6 Å². The molecule has 2 unspecified atom stereocenters. The van der Waals surface area contributed by atoms with E-state index >= 15 is 0 Å². The largest absolute Gasteiger partial charge is 0.394 e. The summed E-state index contributed by atoms with van der Waals surface area (Å²) in [7, 11) is 0. The number of aryl methyl sites for hydroxylation is 1. The number of amides is 1. The van der Waals surface area contributed by atoms with Crippen LogP contribution in [0.1, 0.15) is 21.7 Å². The second kappa shape index (κ2) is 10.5. The Bertz CT molecular complexity index is 1700. The number of nitrogens with one attached hydrogen (secondary N) is 1. The molecule has 1 fully saturated rings. The molecule has 3 heterocycles. The number of hydrogen-bond acceptors (Lipinski definition) is 9. The second-order valence-electron chi connectivity index (χ2n) is 9.96. The summed E-state index contributed by atoms with van der Waals surface area (Å²) in [4.78, 5) is 17.8. The van der Waals surface area contributed by atoms with E-state index in [0.29, 0.717) is 34.8 Å². The van der Waals surface area contributed by atoms with Gasteiger partial charge in [-0.25, -0.2) is 0 Å². The van der Waals surface area contributed by atoms with Crippen LogP contribution in [0.4, 0.5) is 0 Å². The number of hydrogen-bond donors (Lipinski definition) is 5. The number of nitrogens with zero attached hydrogens (tertiary/aromatic N) is 3. The minimum absolute atomic E-state index is 0.294. The summed E-state index contributed by atoms with van der Waals surface area (Å²) in [6, 6.07) is 18.3. The number of aliphatic hydroxyl groups excluding tert-OH is 4. The van der Waals surface area contributed by atoms with Crippen LogP contribution in [0.3, 0.4) is 0 Å². The third-order valence-electron chi connectivity index (χ3n) is 7.27. The van der Waals surface area contributed by atoms with Gasteiger partial charge in [-0.2, -0.15) is 4.98 Å². The fourth-order valence-electron chi connectivity index (χ4n) is 5.17. The van der Waals surface area contributed by atoms with Gasteiger partial charge in [-0.3, -0.25) is 4.79 Å². The number of benzene rings is 3. The van der Waals surface area contributed by atoms with Gasteiger partial charge in [0.25, 0.3) is 11.8 Å². The van der Waals surface area contributed by atoms with Crippen LogP contribution in [-0.2, 0) is 11.3 Å². The molecule has 1 saturated heterocycles. The Labute approximate surface area is 228 Å². The minimum atomic E-state index is -1.63. The van der Waals surface area contributed by atoms with E-state index in [-0.39, 0.29) is 0 Å². The smallest absolute Gasteiger partial charge is 0.257 e. The maximum atomic E-state index is 13.5. The topological polar surface area (TPSA) is 163 Å². The first-order valence-electron chi connectivity index (χ1n) is 12.8. The standard InChI is InChI=1S/C29H28N4O7/c1-15-30-28(40-32-15)19-8-9-20-21(27(37)31-24-26(36)25(35)23(14-34)39-29(24)38)13-33(22(20)11-19)12-16-6-7-17-4-2-3-5-18(17)10-16/h2-11,13,23-26,29,34-36,38H,12,14H2,1H3,(H,31,37)/t23-,24-,25-,26?,29?/m1/s1. The molecule has 5 aromatic rings. The Balaban J connectivity index is 1.38. The molecule has 11 nitrogen and oxygen atoms in total. The molecule has 5 atom stereocenters. The van der Waals surface area contributed by atoms with E-state index in [1.807, 2.05) is 47.0 Å². The Hall–Kier alpha value is -4.13. The highest BCUT2D eigenvalue weighted by Crippen LogP contribution is 2.29. The summed E-state index contributed by atoms with van der Waals surface area (Å²) in [5.41, 5.74) is 2.73. The molecule has 1 aliphatic heterocycles. The molecule has 6 rings (SSSR count). The van der Waals surface area contributed by atoms with Gasteiger partial charge in [-0.15, -0.1) is 0 Å². The molecular formula is C29H28N4O7. The van der Waals surface area contributed by atoms with Gasteiger partial charge < -0.3 is 39.6 Å². The van der Waals surface area contributed by atoms with Crippen LogP contribution in [0.5, 0.6) is 0 Å². The lowest BCUT2D eigenvalue weighted by molar-refractivity contribution is -0.252. The molecule has 11 heteroatoms. The number of carbonyl (C=O) groups excluding carboxylic acids is 1. The molecule has 1 aliphatic rings. The number of ether oxygens (including phenoxy) is 1. The molecule has 0 bridgehead atoms. The van der Waals surface area contributed by atoms with Gasteiger partial charge in [-0.1, -0.05) is 47.6 Å². The predicted molar refractivity (Wildman–Crippen MR) is 144 cm³/mol. The van der Waals surface area contributed by atoms with E-state index in [2.05, 4.69) is 21.5 Å². The van der Waals surface area contributed by atoms with Crippen molar-refractivity contribution in [1.82, 2.24) is 20.0 Å². The highest BCUT2D eigenvalue weighted by Gasteiger charge is 2.44. The summed E-state index contributed by atoms with van der Waals surface area (Å²) in [6.45, 7) is 1.59. The van der Waals surface area contributed by atoms with Crippen molar-refractivity contribution in [3.8, 4) is 11.5 Å². The molecule has 3 aromatic carbocycles. The van der Waals surface area contributed by atoms with Crippen molar-refractivity contribution in [2.45, 2.75) is 44.1 Å². The van der Waals surface area contributed by atoms with E-state index in [1.165, 1.54) is 0 Å². The number of aromatic nitrogens is 3. The van der Waals surface area contributed by atoms with Crippen LogP contribution in [0.15, 0.2) is 71.4 Å². The SMILES string of the molecule is Cc1noc(-c2ccc3c(C(=O)N[C@H]4C(O)O[C@H](CO)[C@@H](O)C4O)cn(Cc4ccc5ccccc5c4)c3c2)n1. The minimum Gasteiger partial charge on any atom is -0.394 e. The number of rotatable bonds is 6. The molecule has 0 radical (unpaired) electrons. The third-order valence-corrected chi connectivity index (χ3v) is 7.27. The van der Waals surface area contributed by atoms with Gasteiger partial charge in [-0.05, 0) is 41.5 Å². The Morgan fingerprint density at radius 3 is 2.58 bits per heavy atom. The van der Waals surface area contributed by atoms with Crippen LogP contribution >= 0.6 is 0 Å². The van der Waals surface area contributed by atoms with Gasteiger partial charge >= 0.3 is 0 Å². The fourth-order valence-corrected chi connectivity index (χ4v) is 5.17. The number of carbonyl (C=O) groups is 1. The predicted octanol–water partition coefficient (Wildman–Crippen LogP) is 1.73. The Morgan fingerprint density at radius 1 is 1.02 bits per heavy atom. The average molecular weight is 545 g/mol. The maximum Gasteiger partial charge on any atom is 0.257 e. The highest BCUT2D eigenvalue weighted by molar-refractivity contribution is 6.07. The van der Waals surface area contributed by atoms with Crippen molar-refractivity contribution < 1.29 is 34.5 Å². The van der Waals surface area contributed by atoms with Crippen molar-refractivity contribution in [2.75, 3.05) is 6.61 Å². The summed E-state index contributed by atoms with van der Waals surface area (Å²) in [5.74, 6) is 0.269. The molecule has 0 spiro atoms. The van der Waals surface area contributed by atoms with E-state index in [0.717, 1.165) is 21.9 Å². The first kappa shape index (κ1) is 26.1. The zero-order valence-electron chi connectivity index (χ0n) is 21.5. The van der Waals surface area contributed by atoms with Crippen molar-refractivity contribution in [3.63, 3.8) is 0 Å². The maximum absolute atomic E-state index is 13.5. The first-order chi connectivity index (χ1) is 19.3. The van der Waals surface area contributed by atoms with E-state index < -0.39 is 43.2 Å². The lowest BCUT2D eigenvalue weighted by Gasteiger charge is -2.40. The lowest BCUT2D eigenvalue weighted by Crippen LogP contribution is -2.64. The van der Waals surface area contributed by atoms with E-state index in [1.54, 1.807) is 25.3 Å². The third kappa shape index (κ3) is 4.74. The monoisotopic (exact) mass is 544 g/mol. The van der Waals surface area contributed by atoms with Crippen LogP contribution in [-0.4, -0.2) is 78.3 Å². The van der Waals surface area contributed by atoms with Gasteiger partial charge in [0.05, 0.1) is 12.2 Å². The average Bonchev–Trinajstić information content (AvgIpc) is 3.56. The summed E-state index contributed by atoms with van der Waals surface area (Å²) in [6.07, 6.45) is -4.14. The first-order valence-corrected chi connectivity index (χ1v) is 12.8. The quantitative estimate of drug-likeness (QED) is 0.214. The Morgan fingerprint density at radius 2 is 1.82 bits per heavy atom. The Kier molecular flexibility index (Phi) is 6.82. The molecule has 0 saturated carbocycles. The molecule has 2 aromatic heterocycles. The van der Waals surface area contributed by atoms with Crippen LogP contribution in [0, 0.1) is 6.92 Å². The summed E-state index contributed by atoms with van der Waals surface area (Å²) >= 11 is 0. The number of fused-ring (bicyclic) bond motifs is 2. The second-order valence-corrected chi connectivity index (χ2v) is 9.96. The normalized spacial score (nSPS) is 23.1. The number of aliphatic hydroxyl groups is 4.